The number of carbonyl (C=O) groups is 1. The Labute approximate surface area is 129 Å². The minimum Gasteiger partial charge on any atom is -0.349 e. The van der Waals surface area contributed by atoms with Crippen LogP contribution in [0.5, 0.6) is 0 Å². The first-order valence-corrected chi connectivity index (χ1v) is 7.99. The molecule has 1 aromatic carbocycles. The van der Waals surface area contributed by atoms with Crippen LogP contribution in [0, 0.1) is 17.8 Å². The van der Waals surface area contributed by atoms with Crippen LogP contribution in [0.3, 0.4) is 0 Å². The molecule has 2 unspecified atom stereocenters. The standard InChI is InChI=1S/C18H30N2O/c1-13(2)10-16(12-19)18(21)20-17(11-14(3)4)15-8-6-5-7-9-15/h5-9,13-14,16-17H,10-12,19H2,1-4H3,(H,20,21). The Kier molecular flexibility index (Phi) is 7.44. The second-order valence-corrected chi connectivity index (χ2v) is 6.66. The maximum atomic E-state index is 12.5. The second kappa shape index (κ2) is 8.83. The summed E-state index contributed by atoms with van der Waals surface area (Å²) in [4.78, 5) is 12.5. The molecule has 0 saturated heterocycles. The zero-order chi connectivity index (χ0) is 15.8. The molecule has 2 atom stereocenters. The first kappa shape index (κ1) is 17.7. The lowest BCUT2D eigenvalue weighted by molar-refractivity contribution is -0.126. The van der Waals surface area contributed by atoms with E-state index < -0.39 is 0 Å². The summed E-state index contributed by atoms with van der Waals surface area (Å²) in [6.45, 7) is 9.01. The topological polar surface area (TPSA) is 55.1 Å². The van der Waals surface area contributed by atoms with E-state index in [1.165, 1.54) is 5.56 Å². The SMILES string of the molecule is CC(C)CC(CN)C(=O)NC(CC(C)C)c1ccccc1. The maximum absolute atomic E-state index is 12.5. The molecule has 0 spiro atoms. The Balaban J connectivity index is 2.78. The van der Waals surface area contributed by atoms with Crippen LogP contribution in [0.15, 0.2) is 30.3 Å². The van der Waals surface area contributed by atoms with E-state index in [1.54, 1.807) is 0 Å². The lowest BCUT2D eigenvalue weighted by Gasteiger charge is -2.24. The van der Waals surface area contributed by atoms with Crippen molar-refractivity contribution in [1.82, 2.24) is 5.32 Å². The fraction of sp³-hybridized carbons (Fsp3) is 0.611. The molecule has 0 saturated carbocycles. The van der Waals surface area contributed by atoms with Gasteiger partial charge in [0.2, 0.25) is 5.91 Å². The summed E-state index contributed by atoms with van der Waals surface area (Å²) < 4.78 is 0. The van der Waals surface area contributed by atoms with Crippen LogP contribution in [-0.4, -0.2) is 12.5 Å². The fourth-order valence-electron chi connectivity index (χ4n) is 2.60. The first-order valence-electron chi connectivity index (χ1n) is 7.99. The molecular formula is C18H30N2O. The second-order valence-electron chi connectivity index (χ2n) is 6.66. The summed E-state index contributed by atoms with van der Waals surface area (Å²) >= 11 is 0. The molecule has 1 rings (SSSR count). The molecule has 0 bridgehead atoms. The van der Waals surface area contributed by atoms with E-state index in [9.17, 15) is 4.79 Å². The zero-order valence-corrected chi connectivity index (χ0v) is 13.8. The summed E-state index contributed by atoms with van der Waals surface area (Å²) in [6, 6.07) is 10.3. The van der Waals surface area contributed by atoms with Gasteiger partial charge in [0, 0.05) is 6.54 Å². The molecule has 1 aromatic rings. The fourth-order valence-corrected chi connectivity index (χ4v) is 2.60. The van der Waals surface area contributed by atoms with Crippen molar-refractivity contribution in [3.05, 3.63) is 35.9 Å². The molecule has 0 radical (unpaired) electrons. The van der Waals surface area contributed by atoms with E-state index >= 15 is 0 Å². The van der Waals surface area contributed by atoms with E-state index in [0.717, 1.165) is 12.8 Å². The van der Waals surface area contributed by atoms with Crippen molar-refractivity contribution in [2.75, 3.05) is 6.54 Å². The average Bonchev–Trinajstić information content (AvgIpc) is 2.44. The van der Waals surface area contributed by atoms with Crippen LogP contribution in [0.25, 0.3) is 0 Å². The number of benzene rings is 1. The molecule has 1 amide bonds. The number of rotatable bonds is 8. The molecule has 0 heterocycles. The zero-order valence-electron chi connectivity index (χ0n) is 13.8. The third-order valence-electron chi connectivity index (χ3n) is 3.64. The summed E-state index contributed by atoms with van der Waals surface area (Å²) in [5, 5.41) is 3.20. The minimum atomic E-state index is -0.0941. The Morgan fingerprint density at radius 1 is 1.05 bits per heavy atom. The highest BCUT2D eigenvalue weighted by Gasteiger charge is 2.22. The Bertz CT molecular complexity index is 414. The highest BCUT2D eigenvalue weighted by atomic mass is 16.1. The number of carbonyl (C=O) groups excluding carboxylic acids is 1. The van der Waals surface area contributed by atoms with E-state index in [2.05, 4.69) is 45.1 Å². The van der Waals surface area contributed by atoms with Gasteiger partial charge in [-0.15, -0.1) is 0 Å². The lowest BCUT2D eigenvalue weighted by atomic mass is 9.93. The molecule has 0 fully saturated rings. The Morgan fingerprint density at radius 2 is 1.62 bits per heavy atom. The van der Waals surface area contributed by atoms with Gasteiger partial charge in [0.05, 0.1) is 12.0 Å². The van der Waals surface area contributed by atoms with Crippen LogP contribution < -0.4 is 11.1 Å². The molecular weight excluding hydrogens is 260 g/mol. The number of hydrogen-bond acceptors (Lipinski definition) is 2. The van der Waals surface area contributed by atoms with Crippen LogP contribution in [0.1, 0.15) is 52.1 Å². The first-order chi connectivity index (χ1) is 9.93. The maximum Gasteiger partial charge on any atom is 0.224 e. The van der Waals surface area contributed by atoms with Crippen LogP contribution in [0.2, 0.25) is 0 Å². The van der Waals surface area contributed by atoms with Gasteiger partial charge in [-0.25, -0.2) is 0 Å². The third kappa shape index (κ3) is 6.30. The molecule has 0 aliphatic rings. The van der Waals surface area contributed by atoms with Crippen LogP contribution >= 0.6 is 0 Å². The third-order valence-corrected chi connectivity index (χ3v) is 3.64. The predicted molar refractivity (Wildman–Crippen MR) is 88.8 cm³/mol. The molecule has 0 aliphatic carbocycles. The summed E-state index contributed by atoms with van der Waals surface area (Å²) in [6.07, 6.45) is 1.78. The number of nitrogens with two attached hydrogens (primary N) is 1. The van der Waals surface area contributed by atoms with Crippen molar-refractivity contribution >= 4 is 5.91 Å². The molecule has 118 valence electrons. The van der Waals surface area contributed by atoms with Crippen molar-refractivity contribution in [2.45, 2.75) is 46.6 Å². The Hall–Kier alpha value is -1.35. The lowest BCUT2D eigenvalue weighted by Crippen LogP contribution is -2.38. The highest BCUT2D eigenvalue weighted by Crippen LogP contribution is 2.22. The number of nitrogens with one attached hydrogen (secondary N) is 1. The molecule has 0 aliphatic heterocycles. The summed E-state index contributed by atoms with van der Waals surface area (Å²) in [7, 11) is 0. The minimum absolute atomic E-state index is 0.0694. The van der Waals surface area contributed by atoms with Gasteiger partial charge in [0.25, 0.3) is 0 Å². The molecule has 3 N–H and O–H groups in total. The average molecular weight is 290 g/mol. The van der Waals surface area contributed by atoms with Gasteiger partial charge < -0.3 is 11.1 Å². The van der Waals surface area contributed by atoms with Crippen molar-refractivity contribution in [1.29, 1.82) is 0 Å². The predicted octanol–water partition coefficient (Wildman–Crippen LogP) is 3.51. The van der Waals surface area contributed by atoms with Gasteiger partial charge in [-0.3, -0.25) is 4.79 Å². The van der Waals surface area contributed by atoms with Crippen molar-refractivity contribution in [2.24, 2.45) is 23.5 Å². The van der Waals surface area contributed by atoms with Crippen molar-refractivity contribution in [3.63, 3.8) is 0 Å². The van der Waals surface area contributed by atoms with Gasteiger partial charge in [-0.1, -0.05) is 58.0 Å². The Morgan fingerprint density at radius 3 is 2.10 bits per heavy atom. The van der Waals surface area contributed by atoms with Crippen LogP contribution in [0.4, 0.5) is 0 Å². The molecule has 3 heteroatoms. The molecule has 21 heavy (non-hydrogen) atoms. The highest BCUT2D eigenvalue weighted by molar-refractivity contribution is 5.79. The molecule has 0 aromatic heterocycles. The quantitative estimate of drug-likeness (QED) is 0.769. The number of hydrogen-bond donors (Lipinski definition) is 2. The van der Waals surface area contributed by atoms with E-state index in [1.807, 2.05) is 18.2 Å². The van der Waals surface area contributed by atoms with Gasteiger partial charge in [0.15, 0.2) is 0 Å². The van der Waals surface area contributed by atoms with Crippen LogP contribution in [-0.2, 0) is 4.79 Å². The largest absolute Gasteiger partial charge is 0.349 e. The van der Waals surface area contributed by atoms with E-state index in [-0.39, 0.29) is 17.9 Å². The van der Waals surface area contributed by atoms with Gasteiger partial charge >= 0.3 is 0 Å². The smallest absolute Gasteiger partial charge is 0.224 e. The molecule has 3 nitrogen and oxygen atoms in total. The monoisotopic (exact) mass is 290 g/mol. The summed E-state index contributed by atoms with van der Waals surface area (Å²) in [5.74, 6) is 0.991. The number of amides is 1. The van der Waals surface area contributed by atoms with Gasteiger partial charge in [-0.05, 0) is 30.2 Å². The normalized spacial score (nSPS) is 14.2. The van der Waals surface area contributed by atoms with Crippen molar-refractivity contribution in [3.8, 4) is 0 Å². The van der Waals surface area contributed by atoms with Gasteiger partial charge in [-0.2, -0.15) is 0 Å². The van der Waals surface area contributed by atoms with E-state index in [4.69, 9.17) is 5.73 Å². The van der Waals surface area contributed by atoms with Crippen molar-refractivity contribution < 1.29 is 4.79 Å². The summed E-state index contributed by atoms with van der Waals surface area (Å²) in [5.41, 5.74) is 6.94. The van der Waals surface area contributed by atoms with Gasteiger partial charge in [0.1, 0.15) is 0 Å². The van der Waals surface area contributed by atoms with E-state index in [0.29, 0.717) is 18.4 Å².